The molecule has 0 fully saturated rings. The fraction of sp³-hybridized carbons (Fsp3) is 0.267. The Morgan fingerprint density at radius 3 is 2.35 bits per heavy atom. The number of amides is 1. The van der Waals surface area contributed by atoms with Crippen molar-refractivity contribution >= 4 is 11.6 Å². The highest BCUT2D eigenvalue weighted by molar-refractivity contribution is 6.02. The van der Waals surface area contributed by atoms with Crippen molar-refractivity contribution in [3.05, 3.63) is 53.5 Å². The van der Waals surface area contributed by atoms with E-state index in [1.54, 1.807) is 12.1 Å². The number of furan rings is 1. The smallest absolute Gasteiger partial charge is 0.291 e. The van der Waals surface area contributed by atoms with Crippen molar-refractivity contribution in [1.82, 2.24) is 0 Å². The summed E-state index contributed by atoms with van der Waals surface area (Å²) in [4.78, 5) is 12.0. The minimum Gasteiger partial charge on any atom is -0.450 e. The van der Waals surface area contributed by atoms with Crippen molar-refractivity contribution < 1.29 is 18.7 Å². The van der Waals surface area contributed by atoms with Crippen molar-refractivity contribution in [2.75, 3.05) is 19.5 Å². The number of benzene rings is 1. The zero-order valence-electron chi connectivity index (χ0n) is 11.7. The molecule has 0 bridgehead atoms. The summed E-state index contributed by atoms with van der Waals surface area (Å²) in [5, 5.41) is 2.76. The van der Waals surface area contributed by atoms with E-state index in [-0.39, 0.29) is 11.7 Å². The molecule has 0 aliphatic carbocycles. The molecule has 0 saturated carbocycles. The van der Waals surface area contributed by atoms with E-state index in [0.717, 1.165) is 5.56 Å². The topological polar surface area (TPSA) is 60.7 Å². The zero-order chi connectivity index (χ0) is 14.5. The predicted octanol–water partition coefficient (Wildman–Crippen LogP) is 3.13. The Hall–Kier alpha value is -2.11. The van der Waals surface area contributed by atoms with Crippen molar-refractivity contribution in [3.8, 4) is 0 Å². The van der Waals surface area contributed by atoms with Gasteiger partial charge in [-0.2, -0.15) is 0 Å². The van der Waals surface area contributed by atoms with Gasteiger partial charge < -0.3 is 19.2 Å². The van der Waals surface area contributed by atoms with Gasteiger partial charge in [-0.25, -0.2) is 0 Å². The molecule has 1 aromatic heterocycles. The lowest BCUT2D eigenvalue weighted by molar-refractivity contribution is -0.117. The zero-order valence-corrected chi connectivity index (χ0v) is 11.7. The molecule has 0 atom stereocenters. The minimum atomic E-state index is -0.615. The molecule has 0 aliphatic heterocycles. The molecule has 0 aliphatic rings. The van der Waals surface area contributed by atoms with Crippen LogP contribution in [0.15, 0.2) is 40.8 Å². The van der Waals surface area contributed by atoms with E-state index in [1.165, 1.54) is 14.2 Å². The van der Waals surface area contributed by atoms with Crippen molar-refractivity contribution in [1.29, 1.82) is 0 Å². The molecule has 20 heavy (non-hydrogen) atoms. The molecular formula is C15H17NO4. The van der Waals surface area contributed by atoms with Crippen molar-refractivity contribution in [2.45, 2.75) is 13.2 Å². The maximum Gasteiger partial charge on any atom is 0.291 e. The fourth-order valence-electron chi connectivity index (χ4n) is 1.76. The van der Waals surface area contributed by atoms with Crippen LogP contribution in [0.2, 0.25) is 0 Å². The summed E-state index contributed by atoms with van der Waals surface area (Å²) in [5.74, 6) is 0.342. The third kappa shape index (κ3) is 3.26. The number of anilines is 1. The average Bonchev–Trinajstić information content (AvgIpc) is 2.92. The maximum atomic E-state index is 12.0. The molecule has 0 saturated heterocycles. The minimum absolute atomic E-state index is 0.208. The number of rotatable bonds is 5. The molecule has 1 aromatic carbocycles. The molecule has 2 rings (SSSR count). The van der Waals surface area contributed by atoms with Gasteiger partial charge in [0, 0.05) is 19.9 Å². The molecule has 1 heterocycles. The normalized spacial score (nSPS) is 10.8. The molecule has 1 N–H and O–H groups in total. The summed E-state index contributed by atoms with van der Waals surface area (Å²) >= 11 is 0. The van der Waals surface area contributed by atoms with Gasteiger partial charge in [-0.05, 0) is 31.2 Å². The standard InChI is InChI=1S/C15H17NO4/c1-10-4-6-11(7-5-10)16-14(17)12-8-9-13(20-12)15(18-2)19-3/h4-9,15H,1-3H3,(H,16,17). The number of hydrogen-bond acceptors (Lipinski definition) is 4. The van der Waals surface area contributed by atoms with E-state index in [2.05, 4.69) is 5.32 Å². The summed E-state index contributed by atoms with van der Waals surface area (Å²) < 4.78 is 15.5. The first-order valence-electron chi connectivity index (χ1n) is 6.17. The summed E-state index contributed by atoms with van der Waals surface area (Å²) in [6, 6.07) is 10.8. The molecule has 1 amide bonds. The number of aryl methyl sites for hydroxylation is 1. The van der Waals surface area contributed by atoms with Gasteiger partial charge in [0.15, 0.2) is 11.5 Å². The van der Waals surface area contributed by atoms with Gasteiger partial charge in [0.05, 0.1) is 0 Å². The van der Waals surface area contributed by atoms with Crippen LogP contribution in [0.25, 0.3) is 0 Å². The van der Waals surface area contributed by atoms with Crippen LogP contribution < -0.4 is 5.32 Å². The van der Waals surface area contributed by atoms with Crippen molar-refractivity contribution in [2.24, 2.45) is 0 Å². The van der Waals surface area contributed by atoms with E-state index in [9.17, 15) is 4.79 Å². The Morgan fingerprint density at radius 2 is 1.75 bits per heavy atom. The van der Waals surface area contributed by atoms with Gasteiger partial charge >= 0.3 is 0 Å². The Kier molecular flexibility index (Phi) is 4.55. The quantitative estimate of drug-likeness (QED) is 0.852. The van der Waals surface area contributed by atoms with Crippen molar-refractivity contribution in [3.63, 3.8) is 0 Å². The number of nitrogens with one attached hydrogen (secondary N) is 1. The van der Waals surface area contributed by atoms with Gasteiger partial charge in [0.1, 0.15) is 0 Å². The van der Waals surface area contributed by atoms with Crippen LogP contribution in [0.5, 0.6) is 0 Å². The molecule has 0 unspecified atom stereocenters. The maximum absolute atomic E-state index is 12.0. The lowest BCUT2D eigenvalue weighted by Crippen LogP contribution is -2.11. The molecule has 0 spiro atoms. The second kappa shape index (κ2) is 6.36. The largest absolute Gasteiger partial charge is 0.450 e. The van der Waals surface area contributed by atoms with E-state index >= 15 is 0 Å². The number of hydrogen-bond donors (Lipinski definition) is 1. The van der Waals surface area contributed by atoms with Crippen LogP contribution in [-0.2, 0) is 9.47 Å². The highest BCUT2D eigenvalue weighted by atomic mass is 16.7. The van der Waals surface area contributed by atoms with Crippen LogP contribution >= 0.6 is 0 Å². The summed E-state index contributed by atoms with van der Waals surface area (Å²) in [5.41, 5.74) is 1.85. The Morgan fingerprint density at radius 1 is 1.10 bits per heavy atom. The highest BCUT2D eigenvalue weighted by Crippen LogP contribution is 2.20. The first-order chi connectivity index (χ1) is 9.63. The number of carbonyl (C=O) groups is 1. The van der Waals surface area contributed by atoms with E-state index in [1.807, 2.05) is 31.2 Å². The van der Waals surface area contributed by atoms with Gasteiger partial charge in [-0.3, -0.25) is 4.79 Å². The third-order valence-corrected chi connectivity index (χ3v) is 2.82. The summed E-state index contributed by atoms with van der Waals surface area (Å²) in [7, 11) is 3.01. The lowest BCUT2D eigenvalue weighted by Gasteiger charge is -2.09. The first kappa shape index (κ1) is 14.3. The second-order valence-corrected chi connectivity index (χ2v) is 4.33. The predicted molar refractivity (Wildman–Crippen MR) is 74.6 cm³/mol. The molecule has 5 heteroatoms. The monoisotopic (exact) mass is 275 g/mol. The second-order valence-electron chi connectivity index (χ2n) is 4.33. The van der Waals surface area contributed by atoms with Crippen LogP contribution in [-0.4, -0.2) is 20.1 Å². The molecular weight excluding hydrogens is 258 g/mol. The van der Waals surface area contributed by atoms with Gasteiger partial charge in [0.2, 0.25) is 6.29 Å². The van der Waals surface area contributed by atoms with Gasteiger partial charge in [-0.15, -0.1) is 0 Å². The van der Waals surface area contributed by atoms with Gasteiger partial charge in [-0.1, -0.05) is 17.7 Å². The van der Waals surface area contributed by atoms with E-state index < -0.39 is 6.29 Å². The van der Waals surface area contributed by atoms with Crippen LogP contribution in [0.4, 0.5) is 5.69 Å². The summed E-state index contributed by atoms with van der Waals surface area (Å²) in [6.07, 6.45) is -0.615. The number of methoxy groups -OCH3 is 2. The first-order valence-corrected chi connectivity index (χ1v) is 6.17. The van der Waals surface area contributed by atoms with Crippen LogP contribution in [0, 0.1) is 6.92 Å². The Labute approximate surface area is 117 Å². The van der Waals surface area contributed by atoms with Crippen LogP contribution in [0.3, 0.4) is 0 Å². The molecule has 0 radical (unpaired) electrons. The molecule has 106 valence electrons. The SMILES string of the molecule is COC(OC)c1ccc(C(=O)Nc2ccc(C)cc2)o1. The molecule has 5 nitrogen and oxygen atoms in total. The van der Waals surface area contributed by atoms with Crippen LogP contribution in [0.1, 0.15) is 28.2 Å². The number of ether oxygens (including phenoxy) is 2. The molecule has 2 aromatic rings. The summed E-state index contributed by atoms with van der Waals surface area (Å²) in [6.45, 7) is 1.99. The Bertz CT molecular complexity index is 570. The lowest BCUT2D eigenvalue weighted by atomic mass is 10.2. The highest BCUT2D eigenvalue weighted by Gasteiger charge is 2.17. The Balaban J connectivity index is 2.08. The fourth-order valence-corrected chi connectivity index (χ4v) is 1.76. The number of carbonyl (C=O) groups excluding carboxylic acids is 1. The van der Waals surface area contributed by atoms with Gasteiger partial charge in [0.25, 0.3) is 5.91 Å². The average molecular weight is 275 g/mol. The van der Waals surface area contributed by atoms with E-state index in [0.29, 0.717) is 11.4 Å². The van der Waals surface area contributed by atoms with E-state index in [4.69, 9.17) is 13.9 Å². The third-order valence-electron chi connectivity index (χ3n) is 2.82.